The molecule has 0 heteroatoms. The second-order valence-corrected chi connectivity index (χ2v) is 5.53. The summed E-state index contributed by atoms with van der Waals surface area (Å²) in [6.45, 7) is 9.49. The number of rotatable bonds is 6. The Morgan fingerprint density at radius 2 is 1.85 bits per heavy atom. The Labute approximate surface area is 84.1 Å². The molecule has 1 saturated carbocycles. The van der Waals surface area contributed by atoms with Crippen molar-refractivity contribution in [2.24, 2.45) is 17.3 Å². The van der Waals surface area contributed by atoms with Crippen LogP contribution in [-0.4, -0.2) is 0 Å². The van der Waals surface area contributed by atoms with Crippen LogP contribution in [0.3, 0.4) is 0 Å². The van der Waals surface area contributed by atoms with E-state index in [-0.39, 0.29) is 0 Å². The van der Waals surface area contributed by atoms with Crippen molar-refractivity contribution in [1.29, 1.82) is 0 Å². The number of hydrogen-bond donors (Lipinski definition) is 0. The standard InChI is InChI=1S/C13H26/c1-5-7-11(6-2)8-9-12-10-13(12,3)4/h11-12H,5-10H2,1-4H3. The largest absolute Gasteiger partial charge is 0.0654 e. The van der Waals surface area contributed by atoms with Crippen LogP contribution >= 0.6 is 0 Å². The highest BCUT2D eigenvalue weighted by Crippen LogP contribution is 2.54. The molecular weight excluding hydrogens is 156 g/mol. The molecule has 78 valence electrons. The van der Waals surface area contributed by atoms with Crippen LogP contribution in [0.15, 0.2) is 0 Å². The maximum Gasteiger partial charge on any atom is -0.0323 e. The van der Waals surface area contributed by atoms with Gasteiger partial charge < -0.3 is 0 Å². The quantitative estimate of drug-likeness (QED) is 0.561. The highest BCUT2D eigenvalue weighted by Gasteiger charge is 2.44. The van der Waals surface area contributed by atoms with Crippen molar-refractivity contribution in [1.82, 2.24) is 0 Å². The van der Waals surface area contributed by atoms with Gasteiger partial charge in [0.2, 0.25) is 0 Å². The summed E-state index contributed by atoms with van der Waals surface area (Å²) in [4.78, 5) is 0. The van der Waals surface area contributed by atoms with Crippen molar-refractivity contribution < 1.29 is 0 Å². The third kappa shape index (κ3) is 3.32. The molecular formula is C13H26. The molecule has 13 heavy (non-hydrogen) atoms. The lowest BCUT2D eigenvalue weighted by Gasteiger charge is -2.13. The molecule has 0 aromatic heterocycles. The van der Waals surface area contributed by atoms with Crippen LogP contribution in [0.2, 0.25) is 0 Å². The van der Waals surface area contributed by atoms with E-state index in [1.165, 1.54) is 38.5 Å². The second kappa shape index (κ2) is 4.48. The third-order valence-electron chi connectivity index (χ3n) is 3.92. The van der Waals surface area contributed by atoms with E-state index in [9.17, 15) is 0 Å². The van der Waals surface area contributed by atoms with Gasteiger partial charge in [0.25, 0.3) is 0 Å². The summed E-state index contributed by atoms with van der Waals surface area (Å²) >= 11 is 0. The third-order valence-corrected chi connectivity index (χ3v) is 3.92. The van der Waals surface area contributed by atoms with Crippen molar-refractivity contribution in [2.75, 3.05) is 0 Å². The summed E-state index contributed by atoms with van der Waals surface area (Å²) in [6, 6.07) is 0. The summed E-state index contributed by atoms with van der Waals surface area (Å²) < 4.78 is 0. The Kier molecular flexibility index (Phi) is 3.82. The zero-order valence-corrected chi connectivity index (χ0v) is 9.90. The van der Waals surface area contributed by atoms with E-state index in [0.29, 0.717) is 5.41 Å². The van der Waals surface area contributed by atoms with Gasteiger partial charge in [-0.3, -0.25) is 0 Å². The molecule has 0 aromatic carbocycles. The Bertz CT molecular complexity index is 146. The van der Waals surface area contributed by atoms with Gasteiger partial charge in [-0.15, -0.1) is 0 Å². The van der Waals surface area contributed by atoms with E-state index >= 15 is 0 Å². The average Bonchev–Trinajstić information content (AvgIpc) is 2.68. The fraction of sp³-hybridized carbons (Fsp3) is 1.00. The topological polar surface area (TPSA) is 0 Å². The van der Waals surface area contributed by atoms with E-state index in [1.54, 1.807) is 0 Å². The maximum atomic E-state index is 2.42. The van der Waals surface area contributed by atoms with Gasteiger partial charge in [0.15, 0.2) is 0 Å². The zero-order valence-electron chi connectivity index (χ0n) is 9.90. The summed E-state index contributed by atoms with van der Waals surface area (Å²) in [7, 11) is 0. The first-order valence-electron chi connectivity index (χ1n) is 6.10. The Morgan fingerprint density at radius 1 is 1.23 bits per heavy atom. The molecule has 0 N–H and O–H groups in total. The van der Waals surface area contributed by atoms with Gasteiger partial charge in [-0.05, 0) is 30.1 Å². The fourth-order valence-corrected chi connectivity index (χ4v) is 2.47. The fourth-order valence-electron chi connectivity index (χ4n) is 2.47. The lowest BCUT2D eigenvalue weighted by Crippen LogP contribution is -2.00. The molecule has 0 nitrogen and oxygen atoms in total. The Hall–Kier alpha value is 0. The smallest absolute Gasteiger partial charge is 0.0323 e. The first kappa shape index (κ1) is 11.1. The number of hydrogen-bond acceptors (Lipinski definition) is 0. The molecule has 1 aliphatic rings. The van der Waals surface area contributed by atoms with Crippen LogP contribution in [0.25, 0.3) is 0 Å². The van der Waals surface area contributed by atoms with Gasteiger partial charge in [0.05, 0.1) is 0 Å². The van der Waals surface area contributed by atoms with Gasteiger partial charge in [0.1, 0.15) is 0 Å². The van der Waals surface area contributed by atoms with Crippen LogP contribution in [0.1, 0.15) is 66.2 Å². The lowest BCUT2D eigenvalue weighted by molar-refractivity contribution is 0.390. The van der Waals surface area contributed by atoms with E-state index in [2.05, 4.69) is 27.7 Å². The molecule has 2 atom stereocenters. The average molecular weight is 182 g/mol. The molecule has 1 aliphatic carbocycles. The monoisotopic (exact) mass is 182 g/mol. The summed E-state index contributed by atoms with van der Waals surface area (Å²) in [6.07, 6.45) is 8.66. The molecule has 0 heterocycles. The van der Waals surface area contributed by atoms with Gasteiger partial charge >= 0.3 is 0 Å². The zero-order chi connectivity index (χ0) is 9.90. The molecule has 0 amide bonds. The van der Waals surface area contributed by atoms with Crippen LogP contribution in [0.4, 0.5) is 0 Å². The summed E-state index contributed by atoms with van der Waals surface area (Å²) in [5, 5.41) is 0. The van der Waals surface area contributed by atoms with Crippen LogP contribution in [-0.2, 0) is 0 Å². The van der Waals surface area contributed by atoms with Crippen molar-refractivity contribution >= 4 is 0 Å². The molecule has 0 spiro atoms. The molecule has 0 radical (unpaired) electrons. The molecule has 0 aliphatic heterocycles. The normalized spacial score (nSPS) is 27.2. The molecule has 0 saturated heterocycles. The van der Waals surface area contributed by atoms with Gasteiger partial charge in [-0.2, -0.15) is 0 Å². The highest BCUT2D eigenvalue weighted by molar-refractivity contribution is 4.94. The summed E-state index contributed by atoms with van der Waals surface area (Å²) in [5.41, 5.74) is 0.699. The first-order valence-corrected chi connectivity index (χ1v) is 6.10. The van der Waals surface area contributed by atoms with E-state index in [4.69, 9.17) is 0 Å². The Balaban J connectivity index is 2.10. The molecule has 2 unspecified atom stereocenters. The minimum absolute atomic E-state index is 0.699. The first-order chi connectivity index (χ1) is 6.10. The van der Waals surface area contributed by atoms with Crippen molar-refractivity contribution in [2.45, 2.75) is 66.2 Å². The van der Waals surface area contributed by atoms with Crippen molar-refractivity contribution in [3.05, 3.63) is 0 Å². The van der Waals surface area contributed by atoms with Crippen LogP contribution in [0.5, 0.6) is 0 Å². The maximum absolute atomic E-state index is 2.42. The minimum Gasteiger partial charge on any atom is -0.0654 e. The Morgan fingerprint density at radius 3 is 2.23 bits per heavy atom. The van der Waals surface area contributed by atoms with Crippen molar-refractivity contribution in [3.63, 3.8) is 0 Å². The molecule has 1 rings (SSSR count). The van der Waals surface area contributed by atoms with Crippen LogP contribution in [0, 0.1) is 17.3 Å². The van der Waals surface area contributed by atoms with E-state index in [0.717, 1.165) is 11.8 Å². The van der Waals surface area contributed by atoms with Crippen molar-refractivity contribution in [3.8, 4) is 0 Å². The molecule has 0 bridgehead atoms. The predicted molar refractivity (Wildman–Crippen MR) is 59.8 cm³/mol. The minimum atomic E-state index is 0.699. The van der Waals surface area contributed by atoms with Gasteiger partial charge in [-0.25, -0.2) is 0 Å². The predicted octanol–water partition coefficient (Wildman–Crippen LogP) is 4.64. The molecule has 1 fully saturated rings. The second-order valence-electron chi connectivity index (χ2n) is 5.53. The van der Waals surface area contributed by atoms with Crippen LogP contribution < -0.4 is 0 Å². The van der Waals surface area contributed by atoms with E-state index < -0.39 is 0 Å². The lowest BCUT2D eigenvalue weighted by atomic mass is 9.93. The molecule has 0 aromatic rings. The van der Waals surface area contributed by atoms with Gasteiger partial charge in [-0.1, -0.05) is 53.4 Å². The SMILES string of the molecule is CCCC(CC)CCC1CC1(C)C. The highest BCUT2D eigenvalue weighted by atomic mass is 14.5. The van der Waals surface area contributed by atoms with E-state index in [1.807, 2.05) is 0 Å². The summed E-state index contributed by atoms with van der Waals surface area (Å²) in [5.74, 6) is 2.07. The van der Waals surface area contributed by atoms with Gasteiger partial charge in [0, 0.05) is 0 Å².